The van der Waals surface area contributed by atoms with Crippen molar-refractivity contribution in [3.8, 4) is 23.3 Å². The number of phenols is 1. The van der Waals surface area contributed by atoms with E-state index < -0.39 is 0 Å². The van der Waals surface area contributed by atoms with Gasteiger partial charge in [-0.1, -0.05) is 11.6 Å². The molecule has 3 aromatic rings. The molecule has 1 heterocycles. The molecule has 0 aliphatic heterocycles. The van der Waals surface area contributed by atoms with Crippen LogP contribution >= 0.6 is 22.9 Å². The number of hydrogen-bond donors (Lipinski definition) is 1. The zero-order chi connectivity index (χ0) is 18.0. The third kappa shape index (κ3) is 3.38. The average Bonchev–Trinajstić information content (AvgIpc) is 3.03. The summed E-state index contributed by atoms with van der Waals surface area (Å²) in [4.78, 5) is 4.48. The molecule has 1 N–H and O–H groups in total. The van der Waals surface area contributed by atoms with Crippen molar-refractivity contribution in [1.82, 2.24) is 4.98 Å². The lowest BCUT2D eigenvalue weighted by Crippen LogP contribution is -1.90. The van der Waals surface area contributed by atoms with Crippen LogP contribution in [-0.2, 0) is 0 Å². The van der Waals surface area contributed by atoms with Crippen molar-refractivity contribution in [3.05, 3.63) is 45.9 Å². The highest BCUT2D eigenvalue weighted by molar-refractivity contribution is 7.19. The van der Waals surface area contributed by atoms with Gasteiger partial charge in [-0.05, 0) is 42.0 Å². The average molecular weight is 373 g/mol. The van der Waals surface area contributed by atoms with E-state index in [2.05, 4.69) is 11.1 Å². The van der Waals surface area contributed by atoms with Crippen molar-refractivity contribution in [2.75, 3.05) is 14.2 Å². The molecule has 5 nitrogen and oxygen atoms in total. The van der Waals surface area contributed by atoms with Gasteiger partial charge in [-0.15, -0.1) is 11.3 Å². The number of allylic oxidation sites excluding steroid dienone is 1. The molecule has 0 spiro atoms. The summed E-state index contributed by atoms with van der Waals surface area (Å²) >= 11 is 7.39. The first-order valence-electron chi connectivity index (χ1n) is 7.19. The third-order valence-electron chi connectivity index (χ3n) is 3.51. The van der Waals surface area contributed by atoms with Gasteiger partial charge in [0.2, 0.25) is 5.75 Å². The molecule has 0 atom stereocenters. The maximum absolute atomic E-state index is 9.98. The summed E-state index contributed by atoms with van der Waals surface area (Å²) in [7, 11) is 2.90. The van der Waals surface area contributed by atoms with Gasteiger partial charge >= 0.3 is 0 Å². The van der Waals surface area contributed by atoms with Gasteiger partial charge in [0.15, 0.2) is 11.5 Å². The Bertz CT molecular complexity index is 996. The monoisotopic (exact) mass is 372 g/mol. The van der Waals surface area contributed by atoms with Gasteiger partial charge in [0, 0.05) is 5.02 Å². The van der Waals surface area contributed by atoms with E-state index in [0.29, 0.717) is 21.2 Å². The minimum atomic E-state index is -0.0877. The number of rotatable bonds is 4. The van der Waals surface area contributed by atoms with Crippen LogP contribution in [0, 0.1) is 11.3 Å². The number of ether oxygens (including phenoxy) is 2. The molecular formula is C18H13ClN2O3S. The molecule has 0 amide bonds. The standard InChI is InChI=1S/C18H13ClN2O3S/c1-23-14-6-10(7-15(24-2)17(14)22)5-11(9-20)18-21-13-8-12(19)3-4-16(13)25-18/h3-8,22H,1-2H3. The van der Waals surface area contributed by atoms with Crippen LogP contribution in [0.3, 0.4) is 0 Å². The van der Waals surface area contributed by atoms with Crippen LogP contribution in [0.2, 0.25) is 5.02 Å². The van der Waals surface area contributed by atoms with Gasteiger partial charge in [0.1, 0.15) is 11.1 Å². The minimum Gasteiger partial charge on any atom is -0.502 e. The second-order valence-electron chi connectivity index (χ2n) is 5.07. The van der Waals surface area contributed by atoms with E-state index in [1.54, 1.807) is 30.3 Å². The Labute approximate surface area is 153 Å². The van der Waals surface area contributed by atoms with E-state index in [-0.39, 0.29) is 17.2 Å². The van der Waals surface area contributed by atoms with Crippen molar-refractivity contribution in [1.29, 1.82) is 5.26 Å². The summed E-state index contributed by atoms with van der Waals surface area (Å²) in [6.07, 6.45) is 1.67. The Morgan fingerprint density at radius 2 is 1.92 bits per heavy atom. The highest BCUT2D eigenvalue weighted by atomic mass is 35.5. The van der Waals surface area contributed by atoms with E-state index >= 15 is 0 Å². The van der Waals surface area contributed by atoms with Crippen molar-refractivity contribution >= 4 is 44.8 Å². The van der Waals surface area contributed by atoms with E-state index in [9.17, 15) is 10.4 Å². The number of nitrogens with zero attached hydrogens (tertiary/aromatic N) is 2. The van der Waals surface area contributed by atoms with Gasteiger partial charge in [-0.3, -0.25) is 0 Å². The van der Waals surface area contributed by atoms with Crippen molar-refractivity contribution in [2.45, 2.75) is 0 Å². The number of benzene rings is 2. The molecule has 2 aromatic carbocycles. The molecule has 25 heavy (non-hydrogen) atoms. The fourth-order valence-electron chi connectivity index (χ4n) is 2.32. The number of aromatic nitrogens is 1. The van der Waals surface area contributed by atoms with Crippen LogP contribution in [0.1, 0.15) is 10.6 Å². The first kappa shape index (κ1) is 17.1. The molecule has 0 aliphatic rings. The van der Waals surface area contributed by atoms with Crippen molar-refractivity contribution in [3.63, 3.8) is 0 Å². The molecule has 7 heteroatoms. The molecule has 0 unspecified atom stereocenters. The molecule has 0 fully saturated rings. The Morgan fingerprint density at radius 1 is 1.24 bits per heavy atom. The summed E-state index contributed by atoms with van der Waals surface area (Å²) in [5.41, 5.74) is 1.79. The normalized spacial score (nSPS) is 11.4. The Morgan fingerprint density at radius 3 is 2.52 bits per heavy atom. The van der Waals surface area contributed by atoms with Crippen LogP contribution in [0.5, 0.6) is 17.2 Å². The Kier molecular flexibility index (Phi) is 4.79. The predicted octanol–water partition coefficient (Wildman–Crippen LogP) is 4.74. The Hall–Kier alpha value is -2.75. The van der Waals surface area contributed by atoms with Crippen LogP contribution < -0.4 is 9.47 Å². The molecular weight excluding hydrogens is 360 g/mol. The van der Waals surface area contributed by atoms with Crippen LogP contribution in [0.4, 0.5) is 0 Å². The maximum atomic E-state index is 9.98. The smallest absolute Gasteiger partial charge is 0.200 e. The summed E-state index contributed by atoms with van der Waals surface area (Å²) in [5, 5.41) is 20.7. The number of phenolic OH excluding ortho intramolecular Hbond substituents is 1. The molecule has 3 rings (SSSR count). The second-order valence-corrected chi connectivity index (χ2v) is 6.54. The summed E-state index contributed by atoms with van der Waals surface area (Å²) in [5.74, 6) is 0.438. The number of halogens is 1. The molecule has 0 saturated carbocycles. The van der Waals surface area contributed by atoms with E-state index in [0.717, 1.165) is 10.2 Å². The zero-order valence-corrected chi connectivity index (χ0v) is 15.0. The molecule has 0 saturated heterocycles. The van der Waals surface area contributed by atoms with Gasteiger partial charge in [-0.25, -0.2) is 4.98 Å². The first-order chi connectivity index (χ1) is 12.0. The molecule has 1 aromatic heterocycles. The van der Waals surface area contributed by atoms with Gasteiger partial charge in [0.25, 0.3) is 0 Å². The van der Waals surface area contributed by atoms with Crippen LogP contribution in [0.15, 0.2) is 30.3 Å². The number of fused-ring (bicyclic) bond motifs is 1. The first-order valence-corrected chi connectivity index (χ1v) is 8.38. The summed E-state index contributed by atoms with van der Waals surface area (Å²) in [6, 6.07) is 10.8. The van der Waals surface area contributed by atoms with Crippen LogP contribution in [-0.4, -0.2) is 24.3 Å². The molecule has 126 valence electrons. The van der Waals surface area contributed by atoms with Crippen molar-refractivity contribution < 1.29 is 14.6 Å². The third-order valence-corrected chi connectivity index (χ3v) is 4.82. The van der Waals surface area contributed by atoms with Crippen LogP contribution in [0.25, 0.3) is 21.9 Å². The van der Waals surface area contributed by atoms with Gasteiger partial charge in [0.05, 0.1) is 30.0 Å². The summed E-state index contributed by atoms with van der Waals surface area (Å²) in [6.45, 7) is 0. The summed E-state index contributed by atoms with van der Waals surface area (Å²) < 4.78 is 11.2. The quantitative estimate of drug-likeness (QED) is 0.669. The largest absolute Gasteiger partial charge is 0.502 e. The number of nitriles is 1. The van der Waals surface area contributed by atoms with Gasteiger partial charge < -0.3 is 14.6 Å². The fourth-order valence-corrected chi connectivity index (χ4v) is 3.40. The number of aromatic hydroxyl groups is 1. The highest BCUT2D eigenvalue weighted by Gasteiger charge is 2.13. The lowest BCUT2D eigenvalue weighted by Gasteiger charge is -2.09. The topological polar surface area (TPSA) is 75.4 Å². The number of methoxy groups -OCH3 is 2. The SMILES string of the molecule is COc1cc(C=C(C#N)c2nc3cc(Cl)ccc3s2)cc(OC)c1O. The van der Waals surface area contributed by atoms with E-state index in [4.69, 9.17) is 21.1 Å². The minimum absolute atomic E-state index is 0.0877. The van der Waals surface area contributed by atoms with Crippen molar-refractivity contribution in [2.24, 2.45) is 0 Å². The Balaban J connectivity index is 2.09. The number of thiazole rings is 1. The zero-order valence-electron chi connectivity index (χ0n) is 13.4. The second kappa shape index (κ2) is 7.01. The molecule has 0 bridgehead atoms. The maximum Gasteiger partial charge on any atom is 0.200 e. The predicted molar refractivity (Wildman–Crippen MR) is 99.3 cm³/mol. The van der Waals surface area contributed by atoms with E-state index in [1.165, 1.54) is 25.6 Å². The molecule has 0 aliphatic carbocycles. The fraction of sp³-hybridized carbons (Fsp3) is 0.111. The number of hydrogen-bond acceptors (Lipinski definition) is 6. The highest BCUT2D eigenvalue weighted by Crippen LogP contribution is 2.38. The lowest BCUT2D eigenvalue weighted by molar-refractivity contribution is 0.340. The van der Waals surface area contributed by atoms with Gasteiger partial charge in [-0.2, -0.15) is 5.26 Å². The lowest BCUT2D eigenvalue weighted by atomic mass is 10.1. The van der Waals surface area contributed by atoms with E-state index in [1.807, 2.05) is 6.07 Å². The molecule has 0 radical (unpaired) electrons.